The van der Waals surface area contributed by atoms with Crippen molar-refractivity contribution in [3.8, 4) is 0 Å². The molecular formula is C12H19NO2. The molecule has 84 valence electrons. The number of carboxylic acid groups (broad SMARTS) is 1. The highest BCUT2D eigenvalue weighted by Crippen LogP contribution is 2.04. The molecule has 0 bridgehead atoms. The van der Waals surface area contributed by atoms with Gasteiger partial charge in [-0.25, -0.2) is 4.79 Å². The largest absolute Gasteiger partial charge is 0.478 e. The van der Waals surface area contributed by atoms with Crippen LogP contribution in [-0.4, -0.2) is 11.1 Å². The van der Waals surface area contributed by atoms with Crippen LogP contribution in [0.25, 0.3) is 0 Å². The average molecular weight is 209 g/mol. The molecule has 0 radical (unpaired) electrons. The molecule has 0 fully saturated rings. The quantitative estimate of drug-likeness (QED) is 0.751. The summed E-state index contributed by atoms with van der Waals surface area (Å²) in [5.41, 5.74) is 6.17. The van der Waals surface area contributed by atoms with Gasteiger partial charge in [-0.3, -0.25) is 0 Å². The Morgan fingerprint density at radius 3 is 1.93 bits per heavy atom. The van der Waals surface area contributed by atoms with Crippen molar-refractivity contribution in [3.63, 3.8) is 0 Å². The molecule has 3 N–H and O–H groups in total. The number of nitrogen functional groups attached to an aromatic ring is 1. The smallest absolute Gasteiger partial charge is 0.335 e. The Morgan fingerprint density at radius 1 is 1.20 bits per heavy atom. The molecule has 0 amide bonds. The van der Waals surface area contributed by atoms with Gasteiger partial charge in [-0.05, 0) is 24.3 Å². The third kappa shape index (κ3) is 6.55. The van der Waals surface area contributed by atoms with Crippen LogP contribution in [0.1, 0.15) is 43.5 Å². The highest BCUT2D eigenvalue weighted by atomic mass is 16.4. The second-order valence-corrected chi connectivity index (χ2v) is 3.28. The van der Waals surface area contributed by atoms with E-state index in [1.165, 1.54) is 31.4 Å². The second kappa shape index (κ2) is 7.85. The van der Waals surface area contributed by atoms with Crippen LogP contribution in [0.4, 0.5) is 5.69 Å². The molecule has 0 heterocycles. The number of rotatable bonds is 3. The summed E-state index contributed by atoms with van der Waals surface area (Å²) in [5, 5.41) is 8.43. The molecule has 0 atom stereocenters. The minimum atomic E-state index is -0.931. The lowest BCUT2D eigenvalue weighted by Gasteiger charge is -1.93. The molecule has 3 heteroatoms. The monoisotopic (exact) mass is 209 g/mol. The third-order valence-electron chi connectivity index (χ3n) is 1.86. The first-order valence-electron chi connectivity index (χ1n) is 5.20. The molecule has 3 nitrogen and oxygen atoms in total. The molecule has 1 rings (SSSR count). The van der Waals surface area contributed by atoms with Crippen molar-refractivity contribution in [2.24, 2.45) is 0 Å². The number of hydrogen-bond acceptors (Lipinski definition) is 2. The molecule has 0 saturated carbocycles. The Balaban J connectivity index is 0.000000336. The summed E-state index contributed by atoms with van der Waals surface area (Å²) < 4.78 is 0. The van der Waals surface area contributed by atoms with E-state index in [1.807, 2.05) is 0 Å². The van der Waals surface area contributed by atoms with Crippen molar-refractivity contribution in [1.29, 1.82) is 0 Å². The zero-order chi connectivity index (χ0) is 11.7. The first-order valence-corrected chi connectivity index (χ1v) is 5.20. The number of hydrogen-bond donors (Lipinski definition) is 2. The normalized spacial score (nSPS) is 8.93. The number of unbranched alkanes of at least 4 members (excludes halogenated alkanes) is 2. The van der Waals surface area contributed by atoms with Crippen LogP contribution < -0.4 is 5.73 Å². The molecule has 15 heavy (non-hydrogen) atoms. The van der Waals surface area contributed by atoms with Crippen molar-refractivity contribution < 1.29 is 9.90 Å². The predicted molar refractivity (Wildman–Crippen MR) is 63.0 cm³/mol. The van der Waals surface area contributed by atoms with Crippen molar-refractivity contribution in [2.75, 3.05) is 5.73 Å². The molecule has 0 spiro atoms. The Kier molecular flexibility index (Phi) is 7.06. The van der Waals surface area contributed by atoms with Gasteiger partial charge in [0.25, 0.3) is 0 Å². The summed E-state index contributed by atoms with van der Waals surface area (Å²) in [6, 6.07) is 6.06. The first-order chi connectivity index (χ1) is 7.11. The molecule has 1 aromatic carbocycles. The van der Waals surface area contributed by atoms with Gasteiger partial charge in [-0.1, -0.05) is 33.1 Å². The average Bonchev–Trinajstić information content (AvgIpc) is 2.20. The van der Waals surface area contributed by atoms with Gasteiger partial charge < -0.3 is 10.8 Å². The molecule has 0 unspecified atom stereocenters. The van der Waals surface area contributed by atoms with Gasteiger partial charge in [0, 0.05) is 5.69 Å². The van der Waals surface area contributed by atoms with Gasteiger partial charge in [0.2, 0.25) is 0 Å². The first kappa shape index (κ1) is 13.5. The summed E-state index contributed by atoms with van der Waals surface area (Å²) >= 11 is 0. The fraction of sp³-hybridized carbons (Fsp3) is 0.417. The van der Waals surface area contributed by atoms with Crippen molar-refractivity contribution in [1.82, 2.24) is 0 Å². The Morgan fingerprint density at radius 2 is 1.67 bits per heavy atom. The van der Waals surface area contributed by atoms with Gasteiger partial charge in [0.15, 0.2) is 0 Å². The van der Waals surface area contributed by atoms with E-state index in [0.717, 1.165) is 0 Å². The molecule has 0 aliphatic carbocycles. The lowest BCUT2D eigenvalue weighted by atomic mass is 10.2. The number of carbonyl (C=O) groups is 1. The minimum Gasteiger partial charge on any atom is -0.478 e. The van der Waals surface area contributed by atoms with E-state index in [9.17, 15) is 4.79 Å². The van der Waals surface area contributed by atoms with Gasteiger partial charge in [0.1, 0.15) is 0 Å². The van der Waals surface area contributed by atoms with E-state index in [1.54, 1.807) is 12.1 Å². The van der Waals surface area contributed by atoms with E-state index in [-0.39, 0.29) is 5.56 Å². The van der Waals surface area contributed by atoms with E-state index in [0.29, 0.717) is 5.69 Å². The van der Waals surface area contributed by atoms with Gasteiger partial charge in [-0.15, -0.1) is 0 Å². The van der Waals surface area contributed by atoms with Crippen LogP contribution in [0, 0.1) is 0 Å². The van der Waals surface area contributed by atoms with Crippen molar-refractivity contribution in [2.45, 2.75) is 33.1 Å². The Labute approximate surface area is 90.9 Å². The predicted octanol–water partition coefficient (Wildman–Crippen LogP) is 3.16. The van der Waals surface area contributed by atoms with Gasteiger partial charge in [0.05, 0.1) is 5.56 Å². The molecule has 0 aliphatic rings. The summed E-state index contributed by atoms with van der Waals surface area (Å²) in [7, 11) is 0. The zero-order valence-electron chi connectivity index (χ0n) is 9.36. The highest BCUT2D eigenvalue weighted by molar-refractivity contribution is 5.87. The lowest BCUT2D eigenvalue weighted by Crippen LogP contribution is -1.95. The maximum absolute atomic E-state index is 10.3. The summed E-state index contributed by atoms with van der Waals surface area (Å²) in [6.07, 6.45) is 4.08. The van der Waals surface area contributed by atoms with Gasteiger partial charge in [-0.2, -0.15) is 0 Å². The lowest BCUT2D eigenvalue weighted by molar-refractivity contribution is 0.0697. The fourth-order valence-electron chi connectivity index (χ4n) is 0.979. The highest BCUT2D eigenvalue weighted by Gasteiger charge is 1.98. The van der Waals surface area contributed by atoms with Crippen LogP contribution in [0.5, 0.6) is 0 Å². The fourth-order valence-corrected chi connectivity index (χ4v) is 0.979. The Bertz CT molecular complexity index is 278. The molecule has 0 saturated heterocycles. The van der Waals surface area contributed by atoms with Crippen LogP contribution in [-0.2, 0) is 0 Å². The zero-order valence-corrected chi connectivity index (χ0v) is 9.36. The van der Waals surface area contributed by atoms with E-state index in [2.05, 4.69) is 13.8 Å². The molecule has 0 aromatic heterocycles. The number of aromatic carboxylic acids is 1. The maximum atomic E-state index is 10.3. The van der Waals surface area contributed by atoms with Crippen LogP contribution in [0.2, 0.25) is 0 Å². The van der Waals surface area contributed by atoms with Gasteiger partial charge >= 0.3 is 5.97 Å². The molecule has 1 aromatic rings. The van der Waals surface area contributed by atoms with E-state index in [4.69, 9.17) is 10.8 Å². The van der Waals surface area contributed by atoms with Crippen LogP contribution in [0.3, 0.4) is 0 Å². The SMILES string of the molecule is CCCCC.Nc1ccc(C(=O)O)cc1. The number of nitrogens with two attached hydrogens (primary N) is 1. The second-order valence-electron chi connectivity index (χ2n) is 3.28. The number of benzene rings is 1. The minimum absolute atomic E-state index is 0.259. The Hall–Kier alpha value is -1.51. The maximum Gasteiger partial charge on any atom is 0.335 e. The topological polar surface area (TPSA) is 63.3 Å². The standard InChI is InChI=1S/C7H7NO2.C5H12/c8-6-3-1-5(2-4-6)7(9)10;1-3-5-4-2/h1-4H,8H2,(H,9,10);3-5H2,1-2H3. The number of carboxylic acids is 1. The van der Waals surface area contributed by atoms with Crippen LogP contribution in [0.15, 0.2) is 24.3 Å². The third-order valence-corrected chi connectivity index (χ3v) is 1.86. The summed E-state index contributed by atoms with van der Waals surface area (Å²) in [6.45, 7) is 4.42. The molecular weight excluding hydrogens is 190 g/mol. The summed E-state index contributed by atoms with van der Waals surface area (Å²) in [4.78, 5) is 10.3. The van der Waals surface area contributed by atoms with Crippen LogP contribution >= 0.6 is 0 Å². The van der Waals surface area contributed by atoms with Crippen molar-refractivity contribution >= 4 is 11.7 Å². The van der Waals surface area contributed by atoms with E-state index >= 15 is 0 Å². The van der Waals surface area contributed by atoms with E-state index < -0.39 is 5.97 Å². The summed E-state index contributed by atoms with van der Waals surface area (Å²) in [5.74, 6) is -0.931. The molecule has 0 aliphatic heterocycles. The number of anilines is 1. The van der Waals surface area contributed by atoms with Crippen molar-refractivity contribution in [3.05, 3.63) is 29.8 Å².